The molecule has 2 aromatic rings. The van der Waals surface area contributed by atoms with E-state index in [2.05, 4.69) is 54.8 Å². The Morgan fingerprint density at radius 1 is 1.17 bits per heavy atom. The molecule has 5 saturated heterocycles. The first kappa shape index (κ1) is 22.8. The third kappa shape index (κ3) is 3.78. The van der Waals surface area contributed by atoms with E-state index in [9.17, 15) is 10.1 Å². The van der Waals surface area contributed by atoms with Crippen LogP contribution >= 0.6 is 0 Å². The molecule has 4 atom stereocenters. The number of piperidine rings is 2. The van der Waals surface area contributed by atoms with Crippen LogP contribution in [0.5, 0.6) is 0 Å². The number of nitrogens with zero attached hydrogens (tertiary/aromatic N) is 6. The number of fused-ring (bicyclic) bond motifs is 1. The number of rotatable bonds is 6. The Bertz CT molecular complexity index is 1300. The van der Waals surface area contributed by atoms with Crippen LogP contribution in [0.1, 0.15) is 62.4 Å². The van der Waals surface area contributed by atoms with Crippen LogP contribution in [0.2, 0.25) is 0 Å². The lowest BCUT2D eigenvalue weighted by molar-refractivity contribution is -0.198. The Hall–Kier alpha value is -2.69. The summed E-state index contributed by atoms with van der Waals surface area (Å²) >= 11 is 0. The zero-order valence-electron chi connectivity index (χ0n) is 21.4. The van der Waals surface area contributed by atoms with Crippen LogP contribution < -0.4 is 5.69 Å². The molecular weight excluding hydrogens is 436 g/mol. The van der Waals surface area contributed by atoms with Crippen LogP contribution in [0, 0.1) is 16.7 Å². The van der Waals surface area contributed by atoms with E-state index in [1.807, 2.05) is 11.6 Å². The van der Waals surface area contributed by atoms with E-state index < -0.39 is 0 Å². The number of aliphatic imine (C=N–C) groups is 1. The van der Waals surface area contributed by atoms with Gasteiger partial charge in [0.15, 0.2) is 5.82 Å². The Morgan fingerprint density at radius 3 is 2.66 bits per heavy atom. The highest BCUT2D eigenvalue weighted by Gasteiger charge is 2.58. The minimum Gasteiger partial charge on any atom is -0.294 e. The van der Waals surface area contributed by atoms with Gasteiger partial charge in [-0.3, -0.25) is 18.9 Å². The molecule has 4 unspecified atom stereocenters. The van der Waals surface area contributed by atoms with E-state index in [1.165, 1.54) is 25.1 Å². The lowest BCUT2D eigenvalue weighted by Crippen LogP contribution is -2.83. The predicted molar refractivity (Wildman–Crippen MR) is 137 cm³/mol. The molecule has 6 aliphatic rings. The Balaban J connectivity index is 1.31. The van der Waals surface area contributed by atoms with Gasteiger partial charge in [-0.05, 0) is 48.3 Å². The van der Waals surface area contributed by atoms with Gasteiger partial charge >= 0.3 is 5.69 Å². The largest absolute Gasteiger partial charge is 0.329 e. The first-order valence-corrected chi connectivity index (χ1v) is 13.1. The average Bonchev–Trinajstić information content (AvgIpc) is 3.05. The van der Waals surface area contributed by atoms with Crippen LogP contribution in [-0.2, 0) is 33.0 Å². The number of imidazole rings is 1. The molecule has 6 aliphatic heterocycles. The smallest absolute Gasteiger partial charge is 0.294 e. The highest BCUT2D eigenvalue weighted by Crippen LogP contribution is 2.45. The van der Waals surface area contributed by atoms with E-state index in [1.54, 1.807) is 4.57 Å². The molecule has 1 aromatic heterocycles. The Kier molecular flexibility index (Phi) is 5.32. The average molecular weight is 473 g/mol. The molecule has 0 amide bonds. The second-order valence-corrected chi connectivity index (χ2v) is 12.1. The van der Waals surface area contributed by atoms with Crippen molar-refractivity contribution in [3.63, 3.8) is 0 Å². The maximum Gasteiger partial charge on any atom is 0.329 e. The Labute approximate surface area is 207 Å². The molecule has 5 fully saturated rings. The Morgan fingerprint density at radius 2 is 2.00 bits per heavy atom. The highest BCUT2D eigenvalue weighted by molar-refractivity contribution is 6.04. The fraction of sp³-hybridized carbons (Fsp3) is 0.607. The molecule has 0 aliphatic carbocycles. The van der Waals surface area contributed by atoms with Crippen LogP contribution in [0.3, 0.4) is 0 Å². The van der Waals surface area contributed by atoms with Gasteiger partial charge in [0, 0.05) is 56.9 Å². The summed E-state index contributed by atoms with van der Waals surface area (Å²) in [5.74, 6) is 0.782. The summed E-state index contributed by atoms with van der Waals surface area (Å²) in [5, 5.41) is 9.46. The molecule has 0 radical (unpaired) electrons. The van der Waals surface area contributed by atoms with Crippen LogP contribution in [0.4, 0.5) is 5.82 Å². The minimum atomic E-state index is 0.0217. The lowest BCUT2D eigenvalue weighted by Gasteiger charge is -2.70. The molecule has 1 aromatic carbocycles. The molecule has 0 N–H and O–H groups in total. The SMILES string of the molecule is Cn1c2c(n(CCC(C)(C)C)c1=O)CCC(c1cc(CN3CC4CC5C3CN45)ccc1CC#N)=N2. The van der Waals surface area contributed by atoms with Crippen molar-refractivity contribution in [3.8, 4) is 6.07 Å². The number of hydrogen-bond donors (Lipinski definition) is 0. The van der Waals surface area contributed by atoms with Crippen LogP contribution in [-0.4, -0.2) is 55.9 Å². The topological polar surface area (TPSA) is 69.6 Å². The van der Waals surface area contributed by atoms with Gasteiger partial charge in [0.1, 0.15) is 0 Å². The van der Waals surface area contributed by atoms with Crippen molar-refractivity contribution in [2.75, 3.05) is 13.1 Å². The van der Waals surface area contributed by atoms with Crippen molar-refractivity contribution in [1.29, 1.82) is 5.26 Å². The second kappa shape index (κ2) is 8.18. The first-order chi connectivity index (χ1) is 16.7. The lowest BCUT2D eigenvalue weighted by atomic mass is 9.73. The van der Waals surface area contributed by atoms with Gasteiger partial charge in [-0.15, -0.1) is 0 Å². The number of nitriles is 1. The summed E-state index contributed by atoms with van der Waals surface area (Å²) in [6.07, 6.45) is 4.29. The number of aromatic nitrogens is 2. The summed E-state index contributed by atoms with van der Waals surface area (Å²) in [4.78, 5) is 23.4. The molecule has 7 nitrogen and oxygen atoms in total. The maximum atomic E-state index is 13.0. The van der Waals surface area contributed by atoms with E-state index >= 15 is 0 Å². The number of hydrogen-bond acceptors (Lipinski definition) is 5. The molecule has 0 spiro atoms. The first-order valence-electron chi connectivity index (χ1n) is 13.1. The molecule has 35 heavy (non-hydrogen) atoms. The number of piperazine rings is 2. The zero-order valence-corrected chi connectivity index (χ0v) is 21.4. The molecule has 4 bridgehead atoms. The van der Waals surface area contributed by atoms with Gasteiger partial charge in [0.05, 0.1) is 23.9 Å². The van der Waals surface area contributed by atoms with Crippen molar-refractivity contribution in [1.82, 2.24) is 18.9 Å². The van der Waals surface area contributed by atoms with Gasteiger partial charge in [0.2, 0.25) is 0 Å². The van der Waals surface area contributed by atoms with E-state index in [0.29, 0.717) is 12.5 Å². The molecule has 7 heterocycles. The van der Waals surface area contributed by atoms with E-state index in [0.717, 1.165) is 72.8 Å². The van der Waals surface area contributed by atoms with Gasteiger partial charge in [-0.2, -0.15) is 5.26 Å². The zero-order chi connectivity index (χ0) is 24.5. The third-order valence-corrected chi connectivity index (χ3v) is 8.65. The summed E-state index contributed by atoms with van der Waals surface area (Å²) < 4.78 is 3.63. The van der Waals surface area contributed by atoms with Gasteiger partial charge in [-0.1, -0.05) is 32.9 Å². The standard InChI is InChI=1S/C28H36N6O/c1-28(2,3)10-12-33-23-8-7-22(30-26(23)31(4)27(33)35)21-13-18(5-6-19(21)9-11-29)15-32-16-20-14-24-25(32)17-34(20)24/h5-6,13,20,24-25H,7-10,12,14-17H2,1-4H3. The van der Waals surface area contributed by atoms with E-state index in [-0.39, 0.29) is 11.1 Å². The van der Waals surface area contributed by atoms with Gasteiger partial charge in [0.25, 0.3) is 0 Å². The summed E-state index contributed by atoms with van der Waals surface area (Å²) in [5.41, 5.74) is 5.66. The van der Waals surface area contributed by atoms with Crippen LogP contribution in [0.15, 0.2) is 28.0 Å². The van der Waals surface area contributed by atoms with Crippen LogP contribution in [0.25, 0.3) is 0 Å². The summed E-state index contributed by atoms with van der Waals surface area (Å²) in [6, 6.07) is 11.2. The van der Waals surface area contributed by atoms with Crippen molar-refractivity contribution in [2.24, 2.45) is 17.5 Å². The molecule has 7 heteroatoms. The quantitative estimate of drug-likeness (QED) is 0.646. The van der Waals surface area contributed by atoms with Crippen molar-refractivity contribution in [2.45, 2.75) is 84.1 Å². The third-order valence-electron chi connectivity index (χ3n) is 8.65. The summed E-state index contributed by atoms with van der Waals surface area (Å²) in [6.45, 7) is 10.7. The monoisotopic (exact) mass is 472 g/mol. The van der Waals surface area contributed by atoms with E-state index in [4.69, 9.17) is 4.99 Å². The van der Waals surface area contributed by atoms with Gasteiger partial charge < -0.3 is 0 Å². The predicted octanol–water partition coefficient (Wildman–Crippen LogP) is 3.40. The fourth-order valence-corrected chi connectivity index (χ4v) is 6.52. The normalized spacial score (nSPS) is 26.9. The van der Waals surface area contributed by atoms with Crippen molar-refractivity contribution < 1.29 is 0 Å². The summed E-state index contributed by atoms with van der Waals surface area (Å²) in [7, 11) is 1.83. The maximum absolute atomic E-state index is 13.0. The molecule has 184 valence electrons. The molecule has 8 rings (SSSR count). The fourth-order valence-electron chi connectivity index (χ4n) is 6.52. The molecular formula is C28H36N6O. The minimum absolute atomic E-state index is 0.0217. The molecule has 0 saturated carbocycles. The highest BCUT2D eigenvalue weighted by atomic mass is 16.1. The number of benzene rings is 1. The van der Waals surface area contributed by atoms with Crippen molar-refractivity contribution in [3.05, 3.63) is 51.1 Å². The second-order valence-electron chi connectivity index (χ2n) is 12.1. The van der Waals surface area contributed by atoms with Gasteiger partial charge in [-0.25, -0.2) is 9.79 Å². The van der Waals surface area contributed by atoms with Crippen molar-refractivity contribution >= 4 is 11.5 Å².